The number of aliphatic carboxylic acids is 1. The van der Waals surface area contributed by atoms with Crippen molar-refractivity contribution >= 4 is 5.97 Å². The highest BCUT2D eigenvalue weighted by Crippen LogP contribution is 2.37. The summed E-state index contributed by atoms with van der Waals surface area (Å²) in [5.41, 5.74) is 1.67. The minimum Gasteiger partial charge on any atom is -0.480 e. The smallest absolute Gasteiger partial charge is 0.320 e. The van der Waals surface area contributed by atoms with Crippen LogP contribution in [0.5, 0.6) is 0 Å². The van der Waals surface area contributed by atoms with E-state index in [2.05, 4.69) is 0 Å². The highest BCUT2D eigenvalue weighted by Gasteiger charge is 2.31. The van der Waals surface area contributed by atoms with Gasteiger partial charge in [-0.05, 0) is 44.0 Å². The molecule has 0 amide bonds. The zero-order valence-electron chi connectivity index (χ0n) is 9.98. The molecule has 1 aliphatic carbocycles. The third kappa shape index (κ3) is 2.05. The van der Waals surface area contributed by atoms with Gasteiger partial charge in [0.2, 0.25) is 0 Å². The maximum absolute atomic E-state index is 13.6. The molecule has 1 aromatic rings. The van der Waals surface area contributed by atoms with Gasteiger partial charge in [-0.15, -0.1) is 0 Å². The molecule has 0 radical (unpaired) electrons. The molecule has 3 nitrogen and oxygen atoms in total. The van der Waals surface area contributed by atoms with Gasteiger partial charge in [0.25, 0.3) is 0 Å². The van der Waals surface area contributed by atoms with E-state index in [1.54, 1.807) is 24.9 Å². The largest absolute Gasteiger partial charge is 0.480 e. The summed E-state index contributed by atoms with van der Waals surface area (Å²) in [7, 11) is 1.78. The maximum atomic E-state index is 13.6. The second kappa shape index (κ2) is 4.45. The summed E-state index contributed by atoms with van der Waals surface area (Å²) in [6, 6.07) is 4.48. The van der Waals surface area contributed by atoms with Gasteiger partial charge in [-0.25, -0.2) is 4.39 Å². The Labute approximate surface area is 99.9 Å². The fourth-order valence-electron chi connectivity index (χ4n) is 2.45. The number of nitrogens with zero attached hydrogens (tertiary/aromatic N) is 1. The highest BCUT2D eigenvalue weighted by atomic mass is 19.1. The third-order valence-corrected chi connectivity index (χ3v) is 3.64. The van der Waals surface area contributed by atoms with E-state index in [-0.39, 0.29) is 11.9 Å². The molecule has 2 rings (SSSR count). The van der Waals surface area contributed by atoms with E-state index >= 15 is 0 Å². The zero-order valence-corrected chi connectivity index (χ0v) is 9.98. The summed E-state index contributed by atoms with van der Waals surface area (Å²) in [5.74, 6) is -1.03. The van der Waals surface area contributed by atoms with E-state index in [9.17, 15) is 9.18 Å². The Morgan fingerprint density at radius 1 is 1.59 bits per heavy atom. The molecule has 1 aromatic carbocycles. The van der Waals surface area contributed by atoms with Crippen molar-refractivity contribution in [2.45, 2.75) is 31.8 Å². The van der Waals surface area contributed by atoms with Gasteiger partial charge in [-0.2, -0.15) is 0 Å². The van der Waals surface area contributed by atoms with Crippen LogP contribution in [0.25, 0.3) is 0 Å². The molecule has 4 heteroatoms. The number of benzene rings is 1. The minimum atomic E-state index is -0.850. The van der Waals surface area contributed by atoms with Crippen molar-refractivity contribution in [2.24, 2.45) is 0 Å². The fourth-order valence-corrected chi connectivity index (χ4v) is 2.45. The number of fused-ring (bicyclic) bond motifs is 1. The Kier molecular flexibility index (Phi) is 3.15. The second-order valence-electron chi connectivity index (χ2n) is 4.54. The van der Waals surface area contributed by atoms with E-state index in [4.69, 9.17) is 5.11 Å². The lowest BCUT2D eigenvalue weighted by Crippen LogP contribution is -2.37. The van der Waals surface area contributed by atoms with Gasteiger partial charge < -0.3 is 5.11 Å². The molecule has 0 saturated carbocycles. The van der Waals surface area contributed by atoms with Crippen LogP contribution in [0.1, 0.15) is 30.5 Å². The number of rotatable bonds is 3. The highest BCUT2D eigenvalue weighted by molar-refractivity contribution is 5.73. The number of carboxylic acid groups (broad SMARTS) is 1. The van der Waals surface area contributed by atoms with E-state index in [0.29, 0.717) is 6.42 Å². The molecule has 92 valence electrons. The van der Waals surface area contributed by atoms with E-state index in [1.807, 2.05) is 6.07 Å². The number of hydrogen-bond donors (Lipinski definition) is 1. The molecule has 0 heterocycles. The van der Waals surface area contributed by atoms with Crippen molar-refractivity contribution in [3.8, 4) is 0 Å². The zero-order chi connectivity index (χ0) is 12.6. The van der Waals surface area contributed by atoms with Crippen LogP contribution in [0.2, 0.25) is 0 Å². The average molecular weight is 237 g/mol. The summed E-state index contributed by atoms with van der Waals surface area (Å²) < 4.78 is 13.6. The molecule has 0 aromatic heterocycles. The van der Waals surface area contributed by atoms with Crippen molar-refractivity contribution in [3.63, 3.8) is 0 Å². The number of carboxylic acids is 1. The monoisotopic (exact) mass is 237 g/mol. The Bertz CT molecular complexity index is 447. The molecule has 0 aliphatic heterocycles. The summed E-state index contributed by atoms with van der Waals surface area (Å²) >= 11 is 0. The number of likely N-dealkylation sites (N-methyl/N-ethyl adjacent to an activating group) is 1. The molecular formula is C13H16FNO2. The molecule has 0 bridgehead atoms. The molecular weight excluding hydrogens is 221 g/mol. The standard InChI is InChI=1S/C13H16FNO2/c1-8(13(16)17)15(2)12-7-6-9-10(12)4-3-5-11(9)14/h3-5,8,12H,6-7H2,1-2H3,(H,16,17). The van der Waals surface area contributed by atoms with Gasteiger partial charge >= 0.3 is 5.97 Å². The van der Waals surface area contributed by atoms with Crippen LogP contribution in [0, 0.1) is 5.82 Å². The maximum Gasteiger partial charge on any atom is 0.320 e. The van der Waals surface area contributed by atoms with E-state index < -0.39 is 12.0 Å². The number of hydrogen-bond acceptors (Lipinski definition) is 2. The Morgan fingerprint density at radius 2 is 2.29 bits per heavy atom. The summed E-state index contributed by atoms with van der Waals surface area (Å²) in [6.45, 7) is 1.65. The fraction of sp³-hybridized carbons (Fsp3) is 0.462. The van der Waals surface area contributed by atoms with Crippen LogP contribution in [0.4, 0.5) is 4.39 Å². The topological polar surface area (TPSA) is 40.5 Å². The molecule has 2 atom stereocenters. The normalized spacial score (nSPS) is 20.4. The first-order valence-corrected chi connectivity index (χ1v) is 5.74. The Morgan fingerprint density at radius 3 is 2.94 bits per heavy atom. The molecule has 17 heavy (non-hydrogen) atoms. The van der Waals surface area contributed by atoms with Crippen LogP contribution >= 0.6 is 0 Å². The van der Waals surface area contributed by atoms with Crippen molar-refractivity contribution in [1.82, 2.24) is 4.90 Å². The molecule has 0 saturated heterocycles. The second-order valence-corrected chi connectivity index (χ2v) is 4.54. The van der Waals surface area contributed by atoms with E-state index in [0.717, 1.165) is 17.5 Å². The first-order chi connectivity index (χ1) is 8.02. The average Bonchev–Trinajstić information content (AvgIpc) is 2.72. The van der Waals surface area contributed by atoms with Crippen molar-refractivity contribution < 1.29 is 14.3 Å². The SMILES string of the molecule is CC(C(=O)O)N(C)C1CCc2c(F)cccc21. The van der Waals surface area contributed by atoms with Crippen LogP contribution < -0.4 is 0 Å². The minimum absolute atomic E-state index is 0.00630. The lowest BCUT2D eigenvalue weighted by atomic mass is 10.1. The first-order valence-electron chi connectivity index (χ1n) is 5.74. The lowest BCUT2D eigenvalue weighted by Gasteiger charge is -2.28. The van der Waals surface area contributed by atoms with Gasteiger partial charge in [0.05, 0.1) is 0 Å². The predicted octanol–water partition coefficient (Wildman–Crippen LogP) is 2.22. The van der Waals surface area contributed by atoms with Gasteiger partial charge in [0.15, 0.2) is 0 Å². The van der Waals surface area contributed by atoms with Crippen LogP contribution in [-0.2, 0) is 11.2 Å². The Balaban J connectivity index is 2.28. The van der Waals surface area contributed by atoms with Gasteiger partial charge in [-0.3, -0.25) is 9.69 Å². The van der Waals surface area contributed by atoms with E-state index in [1.165, 1.54) is 6.07 Å². The third-order valence-electron chi connectivity index (χ3n) is 3.64. The molecule has 1 N–H and O–H groups in total. The van der Waals surface area contributed by atoms with Crippen LogP contribution in [0.15, 0.2) is 18.2 Å². The predicted molar refractivity (Wildman–Crippen MR) is 62.3 cm³/mol. The first kappa shape index (κ1) is 12.0. The van der Waals surface area contributed by atoms with Gasteiger partial charge in [0.1, 0.15) is 11.9 Å². The lowest BCUT2D eigenvalue weighted by molar-refractivity contribution is -0.143. The molecule has 2 unspecified atom stereocenters. The summed E-state index contributed by atoms with van der Waals surface area (Å²) in [5, 5.41) is 9.00. The van der Waals surface area contributed by atoms with Crippen LogP contribution in [-0.4, -0.2) is 29.1 Å². The van der Waals surface area contributed by atoms with Gasteiger partial charge in [0, 0.05) is 6.04 Å². The number of halogens is 1. The summed E-state index contributed by atoms with van der Waals surface area (Å²) in [4.78, 5) is 12.8. The molecule has 1 aliphatic rings. The summed E-state index contributed by atoms with van der Waals surface area (Å²) in [6.07, 6.45) is 1.47. The quantitative estimate of drug-likeness (QED) is 0.876. The number of carbonyl (C=O) groups is 1. The van der Waals surface area contributed by atoms with Crippen LogP contribution in [0.3, 0.4) is 0 Å². The van der Waals surface area contributed by atoms with Crippen molar-refractivity contribution in [1.29, 1.82) is 0 Å². The van der Waals surface area contributed by atoms with Gasteiger partial charge in [-0.1, -0.05) is 12.1 Å². The van der Waals surface area contributed by atoms with Crippen molar-refractivity contribution in [3.05, 3.63) is 35.1 Å². The Hall–Kier alpha value is -1.42. The van der Waals surface area contributed by atoms with Crippen molar-refractivity contribution in [2.75, 3.05) is 7.05 Å². The molecule has 0 fully saturated rings. The molecule has 0 spiro atoms.